The number of halogens is 2. The standard InChI is InChI=1S/C22H18ClFN2O2S/c1-14(27)26-20-12-16(22(28)25-13-15-2-7-18(24)8-3-15)4-11-21(20)29-19-9-5-17(23)6-10-19/h2-12H,13H2,1H3,(H,25,28)(H,26,27). The van der Waals surface area contributed by atoms with Gasteiger partial charge in [-0.05, 0) is 60.2 Å². The quantitative estimate of drug-likeness (QED) is 0.543. The highest BCUT2D eigenvalue weighted by Crippen LogP contribution is 2.34. The van der Waals surface area contributed by atoms with Crippen LogP contribution in [-0.4, -0.2) is 11.8 Å². The van der Waals surface area contributed by atoms with E-state index in [2.05, 4.69) is 10.6 Å². The van der Waals surface area contributed by atoms with Crippen LogP contribution in [0.15, 0.2) is 76.5 Å². The minimum Gasteiger partial charge on any atom is -0.348 e. The molecule has 0 saturated heterocycles. The lowest BCUT2D eigenvalue weighted by atomic mass is 10.1. The van der Waals surface area contributed by atoms with Crippen LogP contribution in [0.1, 0.15) is 22.8 Å². The molecule has 0 aliphatic heterocycles. The topological polar surface area (TPSA) is 58.2 Å². The van der Waals surface area contributed by atoms with Crippen molar-refractivity contribution in [2.45, 2.75) is 23.3 Å². The Kier molecular flexibility index (Phi) is 6.90. The number of benzene rings is 3. The van der Waals surface area contributed by atoms with E-state index in [-0.39, 0.29) is 24.2 Å². The first-order valence-electron chi connectivity index (χ1n) is 8.78. The number of rotatable bonds is 6. The van der Waals surface area contributed by atoms with Gasteiger partial charge in [0.1, 0.15) is 5.82 Å². The van der Waals surface area contributed by atoms with E-state index in [9.17, 15) is 14.0 Å². The molecule has 3 aromatic carbocycles. The molecule has 0 bridgehead atoms. The molecular weight excluding hydrogens is 411 g/mol. The lowest BCUT2D eigenvalue weighted by Gasteiger charge is -2.12. The van der Waals surface area contributed by atoms with Gasteiger partial charge < -0.3 is 10.6 Å². The molecule has 0 aliphatic carbocycles. The third kappa shape index (κ3) is 6.07. The summed E-state index contributed by atoms with van der Waals surface area (Å²) in [5.41, 5.74) is 1.75. The number of carbonyl (C=O) groups excluding carboxylic acids is 2. The van der Waals surface area contributed by atoms with Crippen LogP contribution in [0.2, 0.25) is 5.02 Å². The Labute approximate surface area is 177 Å². The van der Waals surface area contributed by atoms with Gasteiger partial charge in [-0.1, -0.05) is 35.5 Å². The first kappa shape index (κ1) is 20.9. The summed E-state index contributed by atoms with van der Waals surface area (Å²) in [5.74, 6) is -0.843. The van der Waals surface area contributed by atoms with Gasteiger partial charge in [0.05, 0.1) is 5.69 Å². The molecule has 0 aromatic heterocycles. The number of amides is 2. The van der Waals surface area contributed by atoms with Crippen molar-refractivity contribution in [1.29, 1.82) is 0 Å². The van der Waals surface area contributed by atoms with Crippen molar-refractivity contribution < 1.29 is 14.0 Å². The van der Waals surface area contributed by atoms with Gasteiger partial charge in [0.2, 0.25) is 5.91 Å². The van der Waals surface area contributed by atoms with Crippen molar-refractivity contribution >= 4 is 40.9 Å². The molecule has 0 unspecified atom stereocenters. The zero-order valence-corrected chi connectivity index (χ0v) is 17.1. The number of anilines is 1. The summed E-state index contributed by atoms with van der Waals surface area (Å²) in [6.07, 6.45) is 0. The Bertz CT molecular complexity index is 1020. The highest BCUT2D eigenvalue weighted by molar-refractivity contribution is 7.99. The smallest absolute Gasteiger partial charge is 0.251 e. The monoisotopic (exact) mass is 428 g/mol. The maximum Gasteiger partial charge on any atom is 0.251 e. The second-order valence-corrected chi connectivity index (χ2v) is 7.81. The van der Waals surface area contributed by atoms with Crippen molar-refractivity contribution in [3.05, 3.63) is 88.7 Å². The Morgan fingerprint density at radius 3 is 2.34 bits per heavy atom. The fourth-order valence-corrected chi connectivity index (χ4v) is 3.57. The van der Waals surface area contributed by atoms with E-state index in [0.717, 1.165) is 15.4 Å². The van der Waals surface area contributed by atoms with E-state index >= 15 is 0 Å². The van der Waals surface area contributed by atoms with Gasteiger partial charge in [0.25, 0.3) is 5.91 Å². The molecule has 4 nitrogen and oxygen atoms in total. The molecule has 0 saturated carbocycles. The van der Waals surface area contributed by atoms with Crippen LogP contribution in [0.3, 0.4) is 0 Å². The zero-order valence-electron chi connectivity index (χ0n) is 15.5. The first-order valence-corrected chi connectivity index (χ1v) is 9.98. The summed E-state index contributed by atoms with van der Waals surface area (Å²) in [4.78, 5) is 25.9. The van der Waals surface area contributed by atoms with E-state index in [0.29, 0.717) is 16.3 Å². The highest BCUT2D eigenvalue weighted by Gasteiger charge is 2.12. The second-order valence-electron chi connectivity index (χ2n) is 6.26. The van der Waals surface area contributed by atoms with Gasteiger partial charge >= 0.3 is 0 Å². The third-order valence-corrected chi connectivity index (χ3v) is 5.30. The van der Waals surface area contributed by atoms with Crippen LogP contribution in [0, 0.1) is 5.82 Å². The molecule has 3 aromatic rings. The van der Waals surface area contributed by atoms with Gasteiger partial charge in [0.15, 0.2) is 0 Å². The normalized spacial score (nSPS) is 10.4. The van der Waals surface area contributed by atoms with E-state index in [1.54, 1.807) is 42.5 Å². The third-order valence-electron chi connectivity index (χ3n) is 3.96. The fourth-order valence-electron chi connectivity index (χ4n) is 2.56. The Balaban J connectivity index is 1.76. The molecule has 7 heteroatoms. The van der Waals surface area contributed by atoms with Crippen LogP contribution >= 0.6 is 23.4 Å². The average molecular weight is 429 g/mol. The Morgan fingerprint density at radius 1 is 1.00 bits per heavy atom. The Hall–Kier alpha value is -2.83. The average Bonchev–Trinajstić information content (AvgIpc) is 2.70. The highest BCUT2D eigenvalue weighted by atomic mass is 35.5. The van der Waals surface area contributed by atoms with Crippen LogP contribution in [0.25, 0.3) is 0 Å². The molecule has 0 radical (unpaired) electrons. The molecule has 0 heterocycles. The number of nitrogens with one attached hydrogen (secondary N) is 2. The number of hydrogen-bond donors (Lipinski definition) is 2. The molecule has 2 amide bonds. The number of hydrogen-bond acceptors (Lipinski definition) is 3. The molecule has 3 rings (SSSR count). The molecule has 0 fully saturated rings. The molecule has 148 valence electrons. The summed E-state index contributed by atoms with van der Waals surface area (Å²) in [7, 11) is 0. The van der Waals surface area contributed by atoms with Gasteiger partial charge in [0, 0.05) is 33.8 Å². The van der Waals surface area contributed by atoms with Gasteiger partial charge in [-0.15, -0.1) is 0 Å². The molecule has 0 spiro atoms. The summed E-state index contributed by atoms with van der Waals surface area (Å²) in [5, 5.41) is 6.21. The van der Waals surface area contributed by atoms with E-state index in [1.165, 1.54) is 30.8 Å². The van der Waals surface area contributed by atoms with E-state index in [4.69, 9.17) is 11.6 Å². The summed E-state index contributed by atoms with van der Waals surface area (Å²) in [6, 6.07) is 18.4. The zero-order chi connectivity index (χ0) is 20.8. The van der Waals surface area contributed by atoms with Crippen molar-refractivity contribution in [3.63, 3.8) is 0 Å². The van der Waals surface area contributed by atoms with Gasteiger partial charge in [-0.25, -0.2) is 4.39 Å². The van der Waals surface area contributed by atoms with E-state index < -0.39 is 0 Å². The predicted octanol–water partition coefficient (Wildman–Crippen LogP) is 5.52. The molecule has 0 aliphatic rings. The summed E-state index contributed by atoms with van der Waals surface area (Å²) in [6.45, 7) is 1.69. The maximum absolute atomic E-state index is 13.0. The minimum atomic E-state index is -0.325. The fraction of sp³-hybridized carbons (Fsp3) is 0.0909. The van der Waals surface area contributed by atoms with Crippen LogP contribution in [0.5, 0.6) is 0 Å². The van der Waals surface area contributed by atoms with Gasteiger partial charge in [-0.3, -0.25) is 9.59 Å². The number of carbonyl (C=O) groups is 2. The first-order chi connectivity index (χ1) is 13.9. The molecular formula is C22H18ClFN2O2S. The Morgan fingerprint density at radius 2 is 1.69 bits per heavy atom. The van der Waals surface area contributed by atoms with E-state index in [1.807, 2.05) is 12.1 Å². The summed E-state index contributed by atoms with van der Waals surface area (Å²) < 4.78 is 13.0. The minimum absolute atomic E-state index is 0.230. The largest absolute Gasteiger partial charge is 0.348 e. The molecule has 2 N–H and O–H groups in total. The van der Waals surface area contributed by atoms with Crippen molar-refractivity contribution in [2.75, 3.05) is 5.32 Å². The molecule has 29 heavy (non-hydrogen) atoms. The predicted molar refractivity (Wildman–Crippen MR) is 114 cm³/mol. The lowest BCUT2D eigenvalue weighted by molar-refractivity contribution is -0.114. The SMILES string of the molecule is CC(=O)Nc1cc(C(=O)NCc2ccc(F)cc2)ccc1Sc1ccc(Cl)cc1. The van der Waals surface area contributed by atoms with Crippen molar-refractivity contribution in [1.82, 2.24) is 5.32 Å². The van der Waals surface area contributed by atoms with Crippen LogP contribution in [0.4, 0.5) is 10.1 Å². The maximum atomic E-state index is 13.0. The van der Waals surface area contributed by atoms with Crippen LogP contribution in [-0.2, 0) is 11.3 Å². The lowest BCUT2D eigenvalue weighted by Crippen LogP contribution is -2.23. The second kappa shape index (κ2) is 9.58. The van der Waals surface area contributed by atoms with Crippen molar-refractivity contribution in [2.24, 2.45) is 0 Å². The molecule has 0 atom stereocenters. The van der Waals surface area contributed by atoms with Crippen LogP contribution < -0.4 is 10.6 Å². The summed E-state index contributed by atoms with van der Waals surface area (Å²) >= 11 is 7.38. The van der Waals surface area contributed by atoms with Gasteiger partial charge in [-0.2, -0.15) is 0 Å². The van der Waals surface area contributed by atoms with Crippen molar-refractivity contribution in [3.8, 4) is 0 Å².